The normalized spacial score (nSPS) is 10.4. The maximum atomic E-state index is 5.09. The number of likely N-dealkylation sites (N-methyl/N-ethyl adjacent to an activating group) is 1. The van der Waals surface area contributed by atoms with Crippen molar-refractivity contribution in [1.82, 2.24) is 0 Å². The van der Waals surface area contributed by atoms with Crippen LogP contribution in [0.5, 0.6) is 0 Å². The van der Waals surface area contributed by atoms with Gasteiger partial charge in [-0.25, -0.2) is 0 Å². The first-order chi connectivity index (χ1) is 7.19. The van der Waals surface area contributed by atoms with Crippen molar-refractivity contribution < 1.29 is 4.74 Å². The molecule has 0 bridgehead atoms. The second-order valence-electron chi connectivity index (χ2n) is 3.89. The molecule has 15 heavy (non-hydrogen) atoms. The summed E-state index contributed by atoms with van der Waals surface area (Å²) in [6.07, 6.45) is 1.09. The number of rotatable bonds is 5. The first-order valence-corrected chi connectivity index (χ1v) is 5.48. The molecule has 0 saturated carbocycles. The average molecular weight is 207 g/mol. The topological polar surface area (TPSA) is 12.5 Å². The molecule has 0 N–H and O–H groups in total. The van der Waals surface area contributed by atoms with E-state index in [-0.39, 0.29) is 0 Å². The predicted octanol–water partition coefficient (Wildman–Crippen LogP) is 2.64. The third-order valence-corrected chi connectivity index (χ3v) is 2.72. The summed E-state index contributed by atoms with van der Waals surface area (Å²) in [6.45, 7) is 6.04. The van der Waals surface area contributed by atoms with E-state index >= 15 is 0 Å². The lowest BCUT2D eigenvalue weighted by atomic mass is 10.1. The Morgan fingerprint density at radius 2 is 2.07 bits per heavy atom. The molecule has 2 nitrogen and oxygen atoms in total. The number of hydrogen-bond donors (Lipinski definition) is 0. The monoisotopic (exact) mass is 207 g/mol. The van der Waals surface area contributed by atoms with Gasteiger partial charge in [-0.1, -0.05) is 19.1 Å². The number of aryl methyl sites for hydroxylation is 2. The van der Waals surface area contributed by atoms with Gasteiger partial charge in [-0.15, -0.1) is 0 Å². The lowest BCUT2D eigenvalue weighted by Gasteiger charge is -2.21. The van der Waals surface area contributed by atoms with Crippen LogP contribution in [0.2, 0.25) is 0 Å². The van der Waals surface area contributed by atoms with Crippen molar-refractivity contribution in [3.05, 3.63) is 29.3 Å². The van der Waals surface area contributed by atoms with Crippen molar-refractivity contribution in [3.8, 4) is 0 Å². The van der Waals surface area contributed by atoms with Gasteiger partial charge in [0.2, 0.25) is 0 Å². The largest absolute Gasteiger partial charge is 0.383 e. The summed E-state index contributed by atoms with van der Waals surface area (Å²) in [5.74, 6) is 0. The van der Waals surface area contributed by atoms with Crippen molar-refractivity contribution >= 4 is 5.69 Å². The van der Waals surface area contributed by atoms with E-state index in [1.165, 1.54) is 16.8 Å². The second-order valence-corrected chi connectivity index (χ2v) is 3.89. The number of methoxy groups -OCH3 is 1. The highest BCUT2D eigenvalue weighted by Crippen LogP contribution is 2.20. The fourth-order valence-electron chi connectivity index (χ4n) is 1.63. The van der Waals surface area contributed by atoms with E-state index in [4.69, 9.17) is 4.74 Å². The highest BCUT2D eigenvalue weighted by Gasteiger charge is 2.04. The molecule has 1 rings (SSSR count). The number of anilines is 1. The van der Waals surface area contributed by atoms with Crippen molar-refractivity contribution in [1.29, 1.82) is 0 Å². The van der Waals surface area contributed by atoms with Gasteiger partial charge in [-0.05, 0) is 30.5 Å². The zero-order valence-electron chi connectivity index (χ0n) is 10.2. The molecule has 0 atom stereocenters. The van der Waals surface area contributed by atoms with Gasteiger partial charge in [0.15, 0.2) is 0 Å². The van der Waals surface area contributed by atoms with Crippen molar-refractivity contribution in [3.63, 3.8) is 0 Å². The van der Waals surface area contributed by atoms with Gasteiger partial charge in [0.25, 0.3) is 0 Å². The molecule has 0 saturated heterocycles. The Morgan fingerprint density at radius 1 is 1.33 bits per heavy atom. The lowest BCUT2D eigenvalue weighted by Crippen LogP contribution is -2.22. The SMILES string of the molecule is CCc1ccc(C)c(N(C)CCOC)c1. The molecule has 0 aliphatic carbocycles. The summed E-state index contributed by atoms with van der Waals surface area (Å²) >= 11 is 0. The first-order valence-electron chi connectivity index (χ1n) is 5.48. The van der Waals surface area contributed by atoms with E-state index in [1.54, 1.807) is 7.11 Å². The van der Waals surface area contributed by atoms with Crippen LogP contribution >= 0.6 is 0 Å². The smallest absolute Gasteiger partial charge is 0.0637 e. The molecule has 0 aromatic heterocycles. The Hall–Kier alpha value is -1.02. The van der Waals surface area contributed by atoms with Crippen LogP contribution in [0.1, 0.15) is 18.1 Å². The van der Waals surface area contributed by atoms with Crippen molar-refractivity contribution in [2.45, 2.75) is 20.3 Å². The average Bonchev–Trinajstić information content (AvgIpc) is 2.26. The van der Waals surface area contributed by atoms with Gasteiger partial charge in [0, 0.05) is 26.4 Å². The molecule has 0 heterocycles. The highest BCUT2D eigenvalue weighted by atomic mass is 16.5. The van der Waals surface area contributed by atoms with Gasteiger partial charge in [-0.3, -0.25) is 0 Å². The third kappa shape index (κ3) is 3.24. The molecule has 0 radical (unpaired) electrons. The minimum absolute atomic E-state index is 0.770. The van der Waals surface area contributed by atoms with Crippen LogP contribution in [0.25, 0.3) is 0 Å². The number of hydrogen-bond acceptors (Lipinski definition) is 2. The summed E-state index contributed by atoms with van der Waals surface area (Å²) in [5, 5.41) is 0. The predicted molar refractivity (Wildman–Crippen MR) is 65.7 cm³/mol. The maximum absolute atomic E-state index is 5.09. The van der Waals surface area contributed by atoms with E-state index in [2.05, 4.69) is 44.0 Å². The minimum atomic E-state index is 0.770. The van der Waals surface area contributed by atoms with Crippen molar-refractivity contribution in [2.24, 2.45) is 0 Å². The van der Waals surface area contributed by atoms with Crippen LogP contribution in [-0.4, -0.2) is 27.3 Å². The van der Waals surface area contributed by atoms with Gasteiger partial charge in [-0.2, -0.15) is 0 Å². The Bertz CT molecular complexity index is 309. The highest BCUT2D eigenvalue weighted by molar-refractivity contribution is 5.54. The second kappa shape index (κ2) is 5.76. The molecular weight excluding hydrogens is 186 g/mol. The fourth-order valence-corrected chi connectivity index (χ4v) is 1.63. The molecule has 0 unspecified atom stereocenters. The molecule has 1 aromatic rings. The Kier molecular flexibility index (Phi) is 4.63. The quantitative estimate of drug-likeness (QED) is 0.736. The maximum Gasteiger partial charge on any atom is 0.0637 e. The van der Waals surface area contributed by atoms with E-state index in [0.717, 1.165) is 19.6 Å². The zero-order valence-corrected chi connectivity index (χ0v) is 10.2. The fraction of sp³-hybridized carbons (Fsp3) is 0.538. The van der Waals surface area contributed by atoms with Crippen LogP contribution in [-0.2, 0) is 11.2 Å². The molecule has 84 valence electrons. The summed E-state index contributed by atoms with van der Waals surface area (Å²) in [4.78, 5) is 2.25. The molecule has 0 aliphatic heterocycles. The van der Waals surface area contributed by atoms with Crippen LogP contribution in [0.4, 0.5) is 5.69 Å². The van der Waals surface area contributed by atoms with Gasteiger partial charge < -0.3 is 9.64 Å². The molecule has 0 fully saturated rings. The first kappa shape index (κ1) is 12.1. The van der Waals surface area contributed by atoms with Crippen LogP contribution in [0.15, 0.2) is 18.2 Å². The summed E-state index contributed by atoms with van der Waals surface area (Å²) in [6, 6.07) is 6.66. The van der Waals surface area contributed by atoms with E-state index in [1.807, 2.05) is 0 Å². The lowest BCUT2D eigenvalue weighted by molar-refractivity contribution is 0.206. The van der Waals surface area contributed by atoms with Crippen LogP contribution < -0.4 is 4.90 Å². The van der Waals surface area contributed by atoms with Crippen LogP contribution in [0, 0.1) is 6.92 Å². The van der Waals surface area contributed by atoms with Crippen LogP contribution in [0.3, 0.4) is 0 Å². The number of ether oxygens (including phenoxy) is 1. The van der Waals surface area contributed by atoms with Gasteiger partial charge in [0.1, 0.15) is 0 Å². The Morgan fingerprint density at radius 3 is 2.67 bits per heavy atom. The standard InChI is InChI=1S/C13H21NO/c1-5-12-7-6-11(2)13(10-12)14(3)8-9-15-4/h6-7,10H,5,8-9H2,1-4H3. The Labute approximate surface area is 92.9 Å². The molecule has 0 aliphatic rings. The molecule has 0 amide bonds. The van der Waals surface area contributed by atoms with Crippen molar-refractivity contribution in [2.75, 3.05) is 32.2 Å². The minimum Gasteiger partial charge on any atom is -0.383 e. The summed E-state index contributed by atoms with van der Waals surface area (Å²) < 4.78 is 5.09. The molecule has 0 spiro atoms. The van der Waals surface area contributed by atoms with Gasteiger partial charge >= 0.3 is 0 Å². The molecule has 1 aromatic carbocycles. The Balaban J connectivity index is 2.81. The van der Waals surface area contributed by atoms with E-state index in [0.29, 0.717) is 0 Å². The summed E-state index contributed by atoms with van der Waals surface area (Å²) in [7, 11) is 3.85. The molecule has 2 heteroatoms. The van der Waals surface area contributed by atoms with Gasteiger partial charge in [0.05, 0.1) is 6.61 Å². The van der Waals surface area contributed by atoms with E-state index in [9.17, 15) is 0 Å². The molecular formula is C13H21NO. The zero-order chi connectivity index (χ0) is 11.3. The summed E-state index contributed by atoms with van der Waals surface area (Å²) in [5.41, 5.74) is 4.03. The third-order valence-electron chi connectivity index (χ3n) is 2.72. The number of benzene rings is 1. The van der Waals surface area contributed by atoms with E-state index < -0.39 is 0 Å². The number of nitrogens with zero attached hydrogens (tertiary/aromatic N) is 1.